The van der Waals surface area contributed by atoms with Crippen LogP contribution in [-0.2, 0) is 10.0 Å². The smallest absolute Gasteiger partial charge is 0.212 e. The Hall–Kier alpha value is 0.200. The zero-order valence-electron chi connectivity index (χ0n) is 11.7. The topological polar surface area (TPSA) is 37.4 Å². The summed E-state index contributed by atoms with van der Waals surface area (Å²) in [5.41, 5.74) is 0. The Morgan fingerprint density at radius 2 is 1.26 bits per heavy atom. The minimum Gasteiger partial charge on any atom is -0.212 e. The lowest BCUT2D eigenvalue weighted by Crippen LogP contribution is -2.49. The zero-order chi connectivity index (χ0) is 13.7. The first kappa shape index (κ1) is 15.6. The fourth-order valence-electron chi connectivity index (χ4n) is 3.63. The van der Waals surface area contributed by atoms with Crippen molar-refractivity contribution < 1.29 is 8.42 Å². The SMILES string of the molecule is O=S(=O)(CCCl)N(C1CCCCC1)C1CCCCC1. The second-order valence-electron chi connectivity index (χ2n) is 5.92. The van der Waals surface area contributed by atoms with Gasteiger partial charge >= 0.3 is 0 Å². The largest absolute Gasteiger partial charge is 0.215 e. The highest BCUT2D eigenvalue weighted by atomic mass is 35.5. The van der Waals surface area contributed by atoms with Crippen LogP contribution in [0.3, 0.4) is 0 Å². The van der Waals surface area contributed by atoms with Crippen molar-refractivity contribution >= 4 is 21.6 Å². The van der Waals surface area contributed by atoms with Crippen LogP contribution in [0.15, 0.2) is 0 Å². The second kappa shape index (κ2) is 7.28. The van der Waals surface area contributed by atoms with Crippen LogP contribution in [0.4, 0.5) is 0 Å². The van der Waals surface area contributed by atoms with Gasteiger partial charge in [-0.3, -0.25) is 0 Å². The van der Waals surface area contributed by atoms with Gasteiger partial charge in [0.25, 0.3) is 0 Å². The van der Waals surface area contributed by atoms with Crippen molar-refractivity contribution in [2.45, 2.75) is 76.3 Å². The first-order valence-electron chi connectivity index (χ1n) is 7.72. The third kappa shape index (κ3) is 4.08. The number of hydrogen-bond acceptors (Lipinski definition) is 2. The number of halogens is 1. The Bertz CT molecular complexity index is 342. The molecule has 5 heteroatoms. The minimum absolute atomic E-state index is 0.0988. The normalized spacial score (nSPS) is 23.9. The minimum atomic E-state index is -3.17. The number of sulfonamides is 1. The molecule has 0 aromatic heterocycles. The second-order valence-corrected chi connectivity index (χ2v) is 8.29. The van der Waals surface area contributed by atoms with Crippen LogP contribution in [0.5, 0.6) is 0 Å². The van der Waals surface area contributed by atoms with Gasteiger partial charge in [0.05, 0.1) is 5.75 Å². The molecule has 2 fully saturated rings. The number of nitrogens with zero attached hydrogens (tertiary/aromatic N) is 1. The summed E-state index contributed by atoms with van der Waals surface area (Å²) in [6.45, 7) is 0. The first-order valence-corrected chi connectivity index (χ1v) is 9.86. The van der Waals surface area contributed by atoms with Gasteiger partial charge in [-0.05, 0) is 25.7 Å². The molecule has 2 rings (SSSR count). The Morgan fingerprint density at radius 1 is 0.842 bits per heavy atom. The van der Waals surface area contributed by atoms with Crippen molar-refractivity contribution in [1.82, 2.24) is 4.31 Å². The summed E-state index contributed by atoms with van der Waals surface area (Å²) < 4.78 is 27.0. The van der Waals surface area contributed by atoms with Gasteiger partial charge in [0, 0.05) is 18.0 Å². The highest BCUT2D eigenvalue weighted by Crippen LogP contribution is 2.32. The average Bonchev–Trinajstić information content (AvgIpc) is 2.41. The molecule has 2 aliphatic carbocycles. The molecule has 0 radical (unpaired) electrons. The molecule has 0 heterocycles. The van der Waals surface area contributed by atoms with Gasteiger partial charge in [-0.15, -0.1) is 11.6 Å². The molecule has 3 nitrogen and oxygen atoms in total. The van der Waals surface area contributed by atoms with Crippen LogP contribution in [-0.4, -0.2) is 36.4 Å². The van der Waals surface area contributed by atoms with E-state index in [0.717, 1.165) is 25.7 Å². The van der Waals surface area contributed by atoms with Crippen molar-refractivity contribution in [3.05, 3.63) is 0 Å². The van der Waals surface area contributed by atoms with E-state index in [1.165, 1.54) is 38.5 Å². The van der Waals surface area contributed by atoms with E-state index in [1.54, 1.807) is 0 Å². The molecule has 2 saturated carbocycles. The Morgan fingerprint density at radius 3 is 1.63 bits per heavy atom. The average molecular weight is 308 g/mol. The maximum absolute atomic E-state index is 12.6. The molecule has 2 aliphatic rings. The van der Waals surface area contributed by atoms with Crippen LogP contribution >= 0.6 is 11.6 Å². The molecule has 0 amide bonds. The quantitative estimate of drug-likeness (QED) is 0.729. The van der Waals surface area contributed by atoms with Crippen molar-refractivity contribution in [1.29, 1.82) is 0 Å². The lowest BCUT2D eigenvalue weighted by atomic mass is 9.91. The van der Waals surface area contributed by atoms with E-state index in [1.807, 2.05) is 4.31 Å². The van der Waals surface area contributed by atoms with E-state index in [2.05, 4.69) is 0 Å². The van der Waals surface area contributed by atoms with Gasteiger partial charge in [-0.1, -0.05) is 38.5 Å². The molecule has 0 saturated heterocycles. The maximum atomic E-state index is 12.6. The summed E-state index contributed by atoms with van der Waals surface area (Å²) in [7, 11) is -3.17. The molecule has 112 valence electrons. The van der Waals surface area contributed by atoms with Crippen LogP contribution in [0.25, 0.3) is 0 Å². The summed E-state index contributed by atoms with van der Waals surface area (Å²) in [4.78, 5) is 0. The van der Waals surface area contributed by atoms with Crippen molar-refractivity contribution in [2.24, 2.45) is 0 Å². The summed E-state index contributed by atoms with van der Waals surface area (Å²) in [5, 5.41) is 0. The van der Waals surface area contributed by atoms with Gasteiger partial charge in [0.15, 0.2) is 0 Å². The molecule has 0 aromatic carbocycles. The maximum Gasteiger partial charge on any atom is 0.215 e. The molecule has 0 N–H and O–H groups in total. The van der Waals surface area contributed by atoms with Gasteiger partial charge in [0.1, 0.15) is 0 Å². The standard InChI is InChI=1S/C14H26ClNO2S/c15-11-12-19(17,18)16(13-7-3-1-4-8-13)14-9-5-2-6-10-14/h13-14H,1-12H2. The molecule has 0 bridgehead atoms. The lowest BCUT2D eigenvalue weighted by molar-refractivity contribution is 0.170. The van der Waals surface area contributed by atoms with Crippen LogP contribution < -0.4 is 0 Å². The highest BCUT2D eigenvalue weighted by Gasteiger charge is 2.36. The Labute approximate surface area is 122 Å². The molecule has 0 unspecified atom stereocenters. The zero-order valence-corrected chi connectivity index (χ0v) is 13.3. The van der Waals surface area contributed by atoms with Crippen LogP contribution in [0.1, 0.15) is 64.2 Å². The molecule has 0 spiro atoms. The third-order valence-corrected chi connectivity index (χ3v) is 6.90. The first-order chi connectivity index (χ1) is 9.15. The Balaban J connectivity index is 2.15. The van der Waals surface area contributed by atoms with E-state index in [-0.39, 0.29) is 23.7 Å². The lowest BCUT2D eigenvalue weighted by Gasteiger charge is -2.40. The molecular formula is C14H26ClNO2S. The number of rotatable bonds is 5. The number of hydrogen-bond donors (Lipinski definition) is 0. The van der Waals surface area contributed by atoms with Crippen molar-refractivity contribution in [2.75, 3.05) is 11.6 Å². The highest BCUT2D eigenvalue weighted by molar-refractivity contribution is 7.89. The van der Waals surface area contributed by atoms with E-state index in [4.69, 9.17) is 11.6 Å². The Kier molecular flexibility index (Phi) is 5.97. The van der Waals surface area contributed by atoms with Gasteiger partial charge in [0.2, 0.25) is 10.0 Å². The summed E-state index contributed by atoms with van der Waals surface area (Å²) in [6, 6.07) is 0.482. The van der Waals surface area contributed by atoms with Crippen molar-refractivity contribution in [3.63, 3.8) is 0 Å². The van der Waals surface area contributed by atoms with Crippen molar-refractivity contribution in [3.8, 4) is 0 Å². The van der Waals surface area contributed by atoms with Gasteiger partial charge in [-0.25, -0.2) is 8.42 Å². The van der Waals surface area contributed by atoms with Gasteiger partial charge in [-0.2, -0.15) is 4.31 Å². The van der Waals surface area contributed by atoms with Crippen LogP contribution in [0.2, 0.25) is 0 Å². The molecule has 0 atom stereocenters. The fraction of sp³-hybridized carbons (Fsp3) is 1.00. The van der Waals surface area contributed by atoms with E-state index >= 15 is 0 Å². The van der Waals surface area contributed by atoms with E-state index in [0.29, 0.717) is 0 Å². The molecule has 19 heavy (non-hydrogen) atoms. The predicted octanol–water partition coefficient (Wildman–Crippen LogP) is 3.52. The molecular weight excluding hydrogens is 282 g/mol. The molecule has 0 aromatic rings. The van der Waals surface area contributed by atoms with Gasteiger partial charge < -0.3 is 0 Å². The predicted molar refractivity (Wildman–Crippen MR) is 80.1 cm³/mol. The summed E-state index contributed by atoms with van der Waals surface area (Å²) >= 11 is 5.70. The number of alkyl halides is 1. The summed E-state index contributed by atoms with van der Waals surface area (Å²) in [6.07, 6.45) is 11.4. The fourth-order valence-corrected chi connectivity index (χ4v) is 5.95. The van der Waals surface area contributed by atoms with E-state index in [9.17, 15) is 8.42 Å². The molecule has 0 aliphatic heterocycles. The van der Waals surface area contributed by atoms with Crippen LogP contribution in [0, 0.1) is 0 Å². The summed E-state index contributed by atoms with van der Waals surface area (Å²) in [5.74, 6) is 0.305. The third-order valence-electron chi connectivity index (χ3n) is 4.53. The van der Waals surface area contributed by atoms with E-state index < -0.39 is 10.0 Å². The monoisotopic (exact) mass is 307 g/mol.